The molecule has 0 fully saturated rings. The maximum Gasteiger partial charge on any atom is 0.349 e. The van der Waals surface area contributed by atoms with E-state index in [2.05, 4.69) is 0 Å². The number of nitrogens with zero attached hydrogens (tertiary/aromatic N) is 1. The van der Waals surface area contributed by atoms with Gasteiger partial charge in [-0.1, -0.05) is 29.3 Å². The van der Waals surface area contributed by atoms with E-state index in [9.17, 15) is 9.90 Å². The van der Waals surface area contributed by atoms with Crippen LogP contribution in [0.4, 0.5) is 5.69 Å². The molecule has 17 heavy (non-hydrogen) atoms. The number of hydrogen-bond donors (Lipinski definition) is 2. The summed E-state index contributed by atoms with van der Waals surface area (Å²) in [6.07, 6.45) is -0.987. The molecule has 1 aromatic carbocycles. The van der Waals surface area contributed by atoms with Crippen molar-refractivity contribution in [3.63, 3.8) is 0 Å². The number of aliphatic hydroxyl groups is 1. The molecule has 1 atom stereocenters. The molecule has 1 heterocycles. The van der Waals surface area contributed by atoms with Crippen molar-refractivity contribution in [3.05, 3.63) is 40.1 Å². The summed E-state index contributed by atoms with van der Waals surface area (Å²) in [4.78, 5) is 12.5. The molecule has 1 aliphatic rings. The van der Waals surface area contributed by atoms with Gasteiger partial charge in [-0.05, 0) is 13.0 Å². The van der Waals surface area contributed by atoms with Crippen LogP contribution in [0.1, 0.15) is 17.2 Å². The minimum Gasteiger partial charge on any atom is -0.477 e. The number of hydrogen-bond acceptors (Lipinski definition) is 3. The van der Waals surface area contributed by atoms with Gasteiger partial charge in [-0.15, -0.1) is 0 Å². The summed E-state index contributed by atoms with van der Waals surface area (Å²) in [6, 6.07) is 5.57. The van der Waals surface area contributed by atoms with Gasteiger partial charge in [0.1, 0.15) is 11.1 Å². The highest BCUT2D eigenvalue weighted by Gasteiger charge is 2.34. The predicted octanol–water partition coefficient (Wildman–Crippen LogP) is 2.01. The van der Waals surface area contributed by atoms with Crippen LogP contribution >= 0.6 is 11.6 Å². The Morgan fingerprint density at radius 3 is 2.71 bits per heavy atom. The monoisotopic (exact) mass is 253 g/mol. The molecule has 0 saturated heterocycles. The van der Waals surface area contributed by atoms with Crippen molar-refractivity contribution in [2.75, 3.05) is 11.9 Å². The fourth-order valence-corrected chi connectivity index (χ4v) is 2.27. The molecule has 4 nitrogen and oxygen atoms in total. The summed E-state index contributed by atoms with van der Waals surface area (Å²) in [5.41, 5.74) is 2.67. The first kappa shape index (κ1) is 12.0. The molecule has 0 bridgehead atoms. The number of aliphatic hydroxyl groups excluding tert-OH is 1. The number of benzene rings is 1. The van der Waals surface area contributed by atoms with Gasteiger partial charge in [0, 0.05) is 18.3 Å². The molecule has 1 aromatic rings. The van der Waals surface area contributed by atoms with Crippen molar-refractivity contribution < 1.29 is 15.0 Å². The Balaban J connectivity index is 2.60. The van der Waals surface area contributed by atoms with Crippen LogP contribution in [-0.2, 0) is 4.79 Å². The highest BCUT2D eigenvalue weighted by atomic mass is 35.5. The van der Waals surface area contributed by atoms with Gasteiger partial charge in [0.2, 0.25) is 0 Å². The van der Waals surface area contributed by atoms with Gasteiger partial charge in [0.15, 0.2) is 0 Å². The standard InChI is InChI=1S/C12H12ClNO3/c1-6-3-4-8-7(5-6)11(15)10(14(8)2)9(13)12(16)17/h3-5,11,15H,1-2H3,(H,16,17). The molecule has 0 aromatic heterocycles. The number of carboxylic acid groups (broad SMARTS) is 1. The van der Waals surface area contributed by atoms with E-state index in [1.165, 1.54) is 0 Å². The van der Waals surface area contributed by atoms with Gasteiger partial charge in [-0.25, -0.2) is 4.79 Å². The zero-order valence-corrected chi connectivity index (χ0v) is 10.2. The molecule has 2 N–H and O–H groups in total. The van der Waals surface area contributed by atoms with Gasteiger partial charge in [-0.3, -0.25) is 0 Å². The normalized spacial score (nSPS) is 21.4. The zero-order chi connectivity index (χ0) is 12.7. The Morgan fingerprint density at radius 2 is 2.12 bits per heavy atom. The van der Waals surface area contributed by atoms with E-state index in [1.54, 1.807) is 11.9 Å². The summed E-state index contributed by atoms with van der Waals surface area (Å²) in [7, 11) is 1.69. The average molecular weight is 254 g/mol. The molecule has 1 unspecified atom stereocenters. The third kappa shape index (κ3) is 1.79. The number of rotatable bonds is 1. The average Bonchev–Trinajstić information content (AvgIpc) is 2.50. The second-order valence-electron chi connectivity index (χ2n) is 4.03. The molecule has 0 aliphatic carbocycles. The Hall–Kier alpha value is -1.52. The fraction of sp³-hybridized carbons (Fsp3) is 0.250. The van der Waals surface area contributed by atoms with Crippen LogP contribution in [0.3, 0.4) is 0 Å². The van der Waals surface area contributed by atoms with Gasteiger partial charge >= 0.3 is 5.97 Å². The van der Waals surface area contributed by atoms with Crippen molar-refractivity contribution in [2.45, 2.75) is 13.0 Å². The summed E-state index contributed by atoms with van der Waals surface area (Å²) < 4.78 is 0. The second-order valence-corrected chi connectivity index (χ2v) is 4.41. The lowest BCUT2D eigenvalue weighted by molar-refractivity contribution is -0.132. The molecule has 0 saturated carbocycles. The number of carboxylic acids is 1. The number of anilines is 1. The molecular weight excluding hydrogens is 242 g/mol. The van der Waals surface area contributed by atoms with Crippen LogP contribution in [0.5, 0.6) is 0 Å². The van der Waals surface area contributed by atoms with Crippen LogP contribution in [0.15, 0.2) is 28.9 Å². The fourth-order valence-electron chi connectivity index (χ4n) is 2.04. The van der Waals surface area contributed by atoms with Crippen LogP contribution in [-0.4, -0.2) is 23.2 Å². The van der Waals surface area contributed by atoms with Crippen molar-refractivity contribution in [1.29, 1.82) is 0 Å². The summed E-state index contributed by atoms with van der Waals surface area (Å²) in [6.45, 7) is 1.91. The molecule has 2 rings (SSSR count). The highest BCUT2D eigenvalue weighted by Crippen LogP contribution is 2.43. The Labute approximate surface area is 104 Å². The predicted molar refractivity (Wildman–Crippen MR) is 65.1 cm³/mol. The van der Waals surface area contributed by atoms with E-state index in [-0.39, 0.29) is 10.7 Å². The van der Waals surface area contributed by atoms with Gasteiger partial charge in [-0.2, -0.15) is 0 Å². The smallest absolute Gasteiger partial charge is 0.349 e. The maximum atomic E-state index is 10.9. The first-order valence-corrected chi connectivity index (χ1v) is 5.46. The van der Waals surface area contributed by atoms with E-state index in [0.29, 0.717) is 5.56 Å². The number of carbonyl (C=O) groups is 1. The van der Waals surface area contributed by atoms with Crippen LogP contribution in [0.2, 0.25) is 0 Å². The molecule has 0 spiro atoms. The number of aryl methyl sites for hydroxylation is 1. The van der Waals surface area contributed by atoms with E-state index < -0.39 is 12.1 Å². The van der Waals surface area contributed by atoms with Crippen LogP contribution in [0, 0.1) is 6.92 Å². The lowest BCUT2D eigenvalue weighted by atomic mass is 10.1. The highest BCUT2D eigenvalue weighted by molar-refractivity contribution is 6.41. The quantitative estimate of drug-likeness (QED) is 0.752. The van der Waals surface area contributed by atoms with Crippen LogP contribution < -0.4 is 4.90 Å². The molecule has 0 radical (unpaired) electrons. The molecule has 5 heteroatoms. The lowest BCUT2D eigenvalue weighted by Gasteiger charge is -2.16. The van der Waals surface area contributed by atoms with Crippen molar-refractivity contribution in [3.8, 4) is 0 Å². The van der Waals surface area contributed by atoms with Crippen LogP contribution in [0.25, 0.3) is 0 Å². The number of halogens is 1. The first-order valence-electron chi connectivity index (χ1n) is 5.08. The number of likely N-dealkylation sites (N-methyl/N-ethyl adjacent to an activating group) is 1. The number of aliphatic carboxylic acids is 1. The summed E-state index contributed by atoms with van der Waals surface area (Å²) >= 11 is 5.72. The van der Waals surface area contributed by atoms with Gasteiger partial charge in [0.05, 0.1) is 5.70 Å². The molecule has 90 valence electrons. The molecule has 1 aliphatic heterocycles. The Bertz CT molecular complexity index is 524. The largest absolute Gasteiger partial charge is 0.477 e. The van der Waals surface area contributed by atoms with E-state index in [4.69, 9.17) is 16.7 Å². The Morgan fingerprint density at radius 1 is 1.47 bits per heavy atom. The maximum absolute atomic E-state index is 10.9. The van der Waals surface area contributed by atoms with E-state index in [1.807, 2.05) is 25.1 Å². The Kier molecular flexibility index (Phi) is 2.85. The minimum absolute atomic E-state index is 0.208. The summed E-state index contributed by atoms with van der Waals surface area (Å²) in [5.74, 6) is -1.24. The van der Waals surface area contributed by atoms with E-state index in [0.717, 1.165) is 11.3 Å². The topological polar surface area (TPSA) is 60.8 Å². The molecular formula is C12H12ClNO3. The zero-order valence-electron chi connectivity index (χ0n) is 9.44. The minimum atomic E-state index is -1.24. The van der Waals surface area contributed by atoms with Gasteiger partial charge in [0.25, 0.3) is 0 Å². The summed E-state index contributed by atoms with van der Waals surface area (Å²) in [5, 5.41) is 18.6. The van der Waals surface area contributed by atoms with Crippen molar-refractivity contribution >= 4 is 23.3 Å². The lowest BCUT2D eigenvalue weighted by Crippen LogP contribution is -2.17. The second kappa shape index (κ2) is 4.05. The first-order chi connectivity index (χ1) is 7.93. The number of fused-ring (bicyclic) bond motifs is 1. The third-order valence-corrected chi connectivity index (χ3v) is 3.23. The van der Waals surface area contributed by atoms with Crippen molar-refractivity contribution in [1.82, 2.24) is 0 Å². The SMILES string of the molecule is Cc1ccc2c(c1)C(O)C(=C(Cl)C(=O)O)N2C. The van der Waals surface area contributed by atoms with E-state index >= 15 is 0 Å². The third-order valence-electron chi connectivity index (χ3n) is 2.87. The van der Waals surface area contributed by atoms with Crippen molar-refractivity contribution in [2.24, 2.45) is 0 Å². The molecule has 0 amide bonds. The van der Waals surface area contributed by atoms with Gasteiger partial charge < -0.3 is 15.1 Å².